The van der Waals surface area contributed by atoms with Gasteiger partial charge in [-0.25, -0.2) is 0 Å². The summed E-state index contributed by atoms with van der Waals surface area (Å²) < 4.78 is 67.5. The lowest BCUT2D eigenvalue weighted by Gasteiger charge is -2.67. The van der Waals surface area contributed by atoms with Gasteiger partial charge in [-0.1, -0.05) is 25.5 Å². The Morgan fingerprint density at radius 1 is 0.681 bits per heavy atom. The van der Waals surface area contributed by atoms with E-state index in [1.54, 1.807) is 27.9 Å². The van der Waals surface area contributed by atoms with Crippen molar-refractivity contribution in [2.24, 2.45) is 22.7 Å². The van der Waals surface area contributed by atoms with Crippen LogP contribution in [0.4, 0.5) is 0 Å². The van der Waals surface area contributed by atoms with E-state index in [1.165, 1.54) is 21.1 Å². The predicted molar refractivity (Wildman–Crippen MR) is 235 cm³/mol. The molecule has 0 aromatic heterocycles. The zero-order valence-electron chi connectivity index (χ0n) is 41.1. The standard InChI is InChI=1S/C48H78O21/c1-20(50)26-12-15-48(58)46(26,6)42(56)36(55)41-45(5)13-11-25(16-24(45)10-14-47(41,48)57)65-30-17-27(59-7)37(21(2)62-30)67-31-18-28(60-8)38(22(3)63-31)68-44-35(54)40(61-9)39(23(4)64-44)69-43-34(53)33(52)32(51)29(19-49)66-43/h10,21-23,25-44,49,51-58H,11-19H2,1-9H3. The van der Waals surface area contributed by atoms with Crippen molar-refractivity contribution in [3.05, 3.63) is 11.6 Å². The fourth-order valence-electron chi connectivity index (χ4n) is 14.0. The first kappa shape index (κ1) is 53.9. The van der Waals surface area contributed by atoms with Crippen molar-refractivity contribution in [1.29, 1.82) is 0 Å². The normalized spacial score (nSPS) is 54.5. The molecule has 0 radical (unpaired) electrons. The van der Waals surface area contributed by atoms with Crippen LogP contribution in [0.25, 0.3) is 0 Å². The highest BCUT2D eigenvalue weighted by Crippen LogP contribution is 2.69. The number of aliphatic hydroxyl groups is 9. The van der Waals surface area contributed by atoms with Crippen LogP contribution in [0, 0.1) is 22.7 Å². The number of hydrogen-bond acceptors (Lipinski definition) is 21. The van der Waals surface area contributed by atoms with Crippen LogP contribution in [-0.2, 0) is 56.9 Å². The molecule has 4 aliphatic heterocycles. The van der Waals surface area contributed by atoms with Crippen molar-refractivity contribution in [1.82, 2.24) is 0 Å². The zero-order chi connectivity index (χ0) is 50.3. The minimum Gasteiger partial charge on any atom is -0.394 e. The van der Waals surface area contributed by atoms with Crippen LogP contribution in [0.3, 0.4) is 0 Å². The van der Waals surface area contributed by atoms with Gasteiger partial charge < -0.3 is 98.1 Å². The Hall–Kier alpha value is -1.39. The molecule has 8 rings (SSSR count). The molecule has 21 heteroatoms. The van der Waals surface area contributed by atoms with E-state index in [0.29, 0.717) is 32.1 Å². The van der Waals surface area contributed by atoms with E-state index in [0.717, 1.165) is 5.57 Å². The summed E-state index contributed by atoms with van der Waals surface area (Å²) in [7, 11) is 4.48. The van der Waals surface area contributed by atoms with Gasteiger partial charge in [-0.2, -0.15) is 0 Å². The number of ether oxygens (including phenoxy) is 11. The fraction of sp³-hybridized carbons (Fsp3) is 0.938. The van der Waals surface area contributed by atoms with Crippen molar-refractivity contribution in [2.75, 3.05) is 27.9 Å². The summed E-state index contributed by atoms with van der Waals surface area (Å²) in [5.74, 6) is -1.76. The van der Waals surface area contributed by atoms with E-state index in [1.807, 2.05) is 19.9 Å². The quantitative estimate of drug-likeness (QED) is 0.101. The Labute approximate surface area is 403 Å². The zero-order valence-corrected chi connectivity index (χ0v) is 41.1. The second-order valence-corrected chi connectivity index (χ2v) is 21.5. The smallest absolute Gasteiger partial charge is 0.187 e. The van der Waals surface area contributed by atoms with Crippen molar-refractivity contribution in [3.63, 3.8) is 0 Å². The summed E-state index contributed by atoms with van der Waals surface area (Å²) in [6.45, 7) is 9.71. The number of methoxy groups -OCH3 is 3. The van der Waals surface area contributed by atoms with Crippen LogP contribution >= 0.6 is 0 Å². The maximum Gasteiger partial charge on any atom is 0.187 e. The van der Waals surface area contributed by atoms with Gasteiger partial charge in [0.15, 0.2) is 25.2 Å². The molecule has 21 nitrogen and oxygen atoms in total. The summed E-state index contributed by atoms with van der Waals surface area (Å²) in [6, 6.07) is 0. The topological polar surface area (TPSA) is 301 Å². The molecule has 69 heavy (non-hydrogen) atoms. The maximum absolute atomic E-state index is 12.7. The lowest BCUT2D eigenvalue weighted by Crippen LogP contribution is -2.79. The van der Waals surface area contributed by atoms with Crippen molar-refractivity contribution < 1.29 is 103 Å². The van der Waals surface area contributed by atoms with E-state index >= 15 is 0 Å². The van der Waals surface area contributed by atoms with Gasteiger partial charge in [-0.15, -0.1) is 0 Å². The molecule has 9 N–H and O–H groups in total. The summed E-state index contributed by atoms with van der Waals surface area (Å²) in [5.41, 5.74) is -4.75. The van der Waals surface area contributed by atoms with Gasteiger partial charge in [0.25, 0.3) is 0 Å². The summed E-state index contributed by atoms with van der Waals surface area (Å²) in [4.78, 5) is 12.7. The molecule has 396 valence electrons. The molecule has 0 bridgehead atoms. The van der Waals surface area contributed by atoms with Crippen LogP contribution in [-0.4, -0.2) is 220 Å². The van der Waals surface area contributed by atoms with Gasteiger partial charge in [0, 0.05) is 51.4 Å². The number of aliphatic hydroxyl groups excluding tert-OH is 7. The van der Waals surface area contributed by atoms with Gasteiger partial charge in [0.05, 0.1) is 55.4 Å². The van der Waals surface area contributed by atoms with Crippen LogP contribution in [0.1, 0.15) is 92.9 Å². The Balaban J connectivity index is 0.863. The first-order valence-electron chi connectivity index (χ1n) is 24.7. The van der Waals surface area contributed by atoms with E-state index in [2.05, 4.69) is 0 Å². The number of rotatable bonds is 13. The van der Waals surface area contributed by atoms with E-state index in [4.69, 9.17) is 52.1 Å². The molecule has 27 unspecified atom stereocenters. The van der Waals surface area contributed by atoms with Crippen molar-refractivity contribution in [2.45, 2.75) is 233 Å². The first-order chi connectivity index (χ1) is 32.5. The predicted octanol–water partition coefficient (Wildman–Crippen LogP) is -0.913. The van der Waals surface area contributed by atoms with Crippen LogP contribution in [0.2, 0.25) is 0 Å². The average Bonchev–Trinajstić information content (AvgIpc) is 3.61. The maximum atomic E-state index is 12.7. The number of fused-ring (bicyclic) bond motifs is 5. The molecule has 8 aliphatic rings. The lowest BCUT2D eigenvalue weighted by molar-refractivity contribution is -0.373. The molecule has 4 aliphatic carbocycles. The summed E-state index contributed by atoms with van der Waals surface area (Å²) in [6.07, 6.45) is -16.6. The Bertz CT molecular complexity index is 1820. The number of carbonyl (C=O) groups excluding carboxylic acids is 1. The van der Waals surface area contributed by atoms with E-state index in [9.17, 15) is 50.8 Å². The molecule has 4 saturated heterocycles. The highest BCUT2D eigenvalue weighted by atomic mass is 16.8. The number of Topliss-reactive ketones (excluding diaryl/α,β-unsaturated/α-hetero) is 1. The van der Waals surface area contributed by atoms with Gasteiger partial charge in [0.1, 0.15) is 71.9 Å². The fourth-order valence-corrected chi connectivity index (χ4v) is 14.0. The highest BCUT2D eigenvalue weighted by Gasteiger charge is 2.78. The average molecular weight is 991 g/mol. The van der Waals surface area contributed by atoms with Crippen LogP contribution in [0.15, 0.2) is 11.6 Å². The minimum absolute atomic E-state index is 0.0625. The third-order valence-corrected chi connectivity index (χ3v) is 17.9. The molecule has 0 aromatic rings. The van der Waals surface area contributed by atoms with E-state index < -0.39 is 163 Å². The monoisotopic (exact) mass is 991 g/mol. The molecule has 3 saturated carbocycles. The molecule has 0 amide bonds. The largest absolute Gasteiger partial charge is 0.394 e. The SMILES string of the molecule is COC1CC(OC2CCC3(C)C(=CCC4(O)C3C(O)C(O)C3(C)C(C(C)=O)CCC43O)C2)OC(C)C1OC1CC(OC)C(OC2OC(C)C(OC3OC(CO)C(O)C(O)C3O)C(OC)C2O)C(C)O1. The van der Waals surface area contributed by atoms with E-state index in [-0.39, 0.29) is 31.1 Å². The first-order valence-corrected chi connectivity index (χ1v) is 24.7. The second kappa shape index (κ2) is 20.4. The summed E-state index contributed by atoms with van der Waals surface area (Å²) >= 11 is 0. The van der Waals surface area contributed by atoms with Gasteiger partial charge in [-0.3, -0.25) is 4.79 Å². The van der Waals surface area contributed by atoms with Gasteiger partial charge >= 0.3 is 0 Å². The van der Waals surface area contributed by atoms with Crippen LogP contribution in [0.5, 0.6) is 0 Å². The van der Waals surface area contributed by atoms with Crippen molar-refractivity contribution in [3.8, 4) is 0 Å². The third kappa shape index (κ3) is 8.91. The molecule has 27 atom stereocenters. The lowest BCUT2D eigenvalue weighted by atomic mass is 9.42. The molecule has 0 spiro atoms. The Kier molecular flexibility index (Phi) is 15.9. The second-order valence-electron chi connectivity index (χ2n) is 21.5. The molecular weight excluding hydrogens is 913 g/mol. The van der Waals surface area contributed by atoms with Gasteiger partial charge in [-0.05, 0) is 71.6 Å². The van der Waals surface area contributed by atoms with Crippen LogP contribution < -0.4 is 0 Å². The van der Waals surface area contributed by atoms with Gasteiger partial charge in [0.2, 0.25) is 0 Å². The highest BCUT2D eigenvalue weighted by molar-refractivity contribution is 5.80. The molecule has 4 heterocycles. The Morgan fingerprint density at radius 3 is 1.86 bits per heavy atom. The molecule has 7 fully saturated rings. The minimum atomic E-state index is -1.79. The third-order valence-electron chi connectivity index (χ3n) is 17.9. The number of ketones is 1. The molecule has 0 aromatic carbocycles. The summed E-state index contributed by atoms with van der Waals surface area (Å²) in [5, 5.41) is 101. The number of carbonyl (C=O) groups is 1. The Morgan fingerprint density at radius 2 is 1.26 bits per heavy atom. The molecular formula is C48H78O21. The number of hydrogen-bond donors (Lipinski definition) is 9. The van der Waals surface area contributed by atoms with Crippen molar-refractivity contribution >= 4 is 5.78 Å².